The highest BCUT2D eigenvalue weighted by Crippen LogP contribution is 2.30. The Balaban J connectivity index is 2.19. The summed E-state index contributed by atoms with van der Waals surface area (Å²) in [7, 11) is 1.59. The molecule has 0 aliphatic carbocycles. The van der Waals surface area contributed by atoms with E-state index in [0.29, 0.717) is 17.2 Å². The monoisotopic (exact) mass is 284 g/mol. The van der Waals surface area contributed by atoms with E-state index in [4.69, 9.17) is 10.6 Å². The molecule has 3 N–H and O–H groups in total. The molecule has 106 valence electrons. The second kappa shape index (κ2) is 6.31. The molecular formula is C12H20N4O2S. The molecule has 0 saturated carbocycles. The van der Waals surface area contributed by atoms with Crippen LogP contribution < -0.4 is 16.2 Å². The van der Waals surface area contributed by atoms with E-state index in [-0.39, 0.29) is 5.91 Å². The number of nitrogens with zero attached hydrogens (tertiary/aromatic N) is 2. The number of thiazole rings is 1. The summed E-state index contributed by atoms with van der Waals surface area (Å²) >= 11 is 1.38. The number of rotatable bonds is 4. The summed E-state index contributed by atoms with van der Waals surface area (Å²) in [4.78, 5) is 19.0. The SMILES string of the molecule is COCc1nc(N2CCC(C)CC2)sc1C(=O)NN. The lowest BCUT2D eigenvalue weighted by molar-refractivity contribution is 0.0952. The van der Waals surface area contributed by atoms with Crippen molar-refractivity contribution in [3.05, 3.63) is 10.6 Å². The second-order valence-corrected chi connectivity index (χ2v) is 5.83. The van der Waals surface area contributed by atoms with Crippen LogP contribution in [0.15, 0.2) is 0 Å². The predicted octanol–water partition coefficient (Wildman–Crippen LogP) is 1.13. The van der Waals surface area contributed by atoms with Gasteiger partial charge in [0, 0.05) is 20.2 Å². The number of hydrazine groups is 1. The lowest BCUT2D eigenvalue weighted by Crippen LogP contribution is -2.32. The summed E-state index contributed by atoms with van der Waals surface area (Å²) in [6.07, 6.45) is 2.33. The smallest absolute Gasteiger partial charge is 0.277 e. The molecule has 0 aromatic carbocycles. The van der Waals surface area contributed by atoms with E-state index in [9.17, 15) is 4.79 Å². The molecule has 1 aliphatic heterocycles. The zero-order valence-electron chi connectivity index (χ0n) is 11.3. The highest BCUT2D eigenvalue weighted by molar-refractivity contribution is 7.17. The Bertz CT molecular complexity index is 441. The van der Waals surface area contributed by atoms with Gasteiger partial charge in [0.25, 0.3) is 5.91 Å². The molecule has 1 aromatic rings. The summed E-state index contributed by atoms with van der Waals surface area (Å²) in [6, 6.07) is 0. The number of nitrogens with two attached hydrogens (primary N) is 1. The standard InChI is InChI=1S/C12H20N4O2S/c1-8-3-5-16(6-4-8)12-14-9(7-18-2)10(19-12)11(17)15-13/h8H,3-7,13H2,1-2H3,(H,15,17). The van der Waals surface area contributed by atoms with Crippen LogP contribution in [0.5, 0.6) is 0 Å². The number of ether oxygens (including phenoxy) is 1. The van der Waals surface area contributed by atoms with Crippen molar-refractivity contribution in [3.8, 4) is 0 Å². The number of methoxy groups -OCH3 is 1. The Morgan fingerprint density at radius 1 is 1.58 bits per heavy atom. The molecule has 0 bridgehead atoms. The van der Waals surface area contributed by atoms with Gasteiger partial charge in [-0.25, -0.2) is 10.8 Å². The van der Waals surface area contributed by atoms with E-state index in [1.807, 2.05) is 0 Å². The molecule has 19 heavy (non-hydrogen) atoms. The molecule has 0 spiro atoms. The third-order valence-corrected chi connectivity index (χ3v) is 4.52. The quantitative estimate of drug-likeness (QED) is 0.492. The minimum Gasteiger partial charge on any atom is -0.378 e. The van der Waals surface area contributed by atoms with E-state index in [1.54, 1.807) is 7.11 Å². The molecule has 1 aliphatic rings. The van der Waals surface area contributed by atoms with E-state index >= 15 is 0 Å². The van der Waals surface area contributed by atoms with Gasteiger partial charge in [0.2, 0.25) is 0 Å². The zero-order valence-corrected chi connectivity index (χ0v) is 12.1. The van der Waals surface area contributed by atoms with Gasteiger partial charge in [0.15, 0.2) is 5.13 Å². The van der Waals surface area contributed by atoms with Gasteiger partial charge < -0.3 is 9.64 Å². The first-order valence-corrected chi connectivity index (χ1v) is 7.22. The van der Waals surface area contributed by atoms with Crippen molar-refractivity contribution in [2.45, 2.75) is 26.4 Å². The van der Waals surface area contributed by atoms with Crippen LogP contribution in [-0.4, -0.2) is 31.1 Å². The van der Waals surface area contributed by atoms with Crippen LogP contribution in [0, 0.1) is 5.92 Å². The Hall–Kier alpha value is -1.18. The van der Waals surface area contributed by atoms with Gasteiger partial charge in [-0.3, -0.25) is 10.2 Å². The molecule has 1 amide bonds. The Morgan fingerprint density at radius 2 is 2.26 bits per heavy atom. The van der Waals surface area contributed by atoms with Crippen LogP contribution in [-0.2, 0) is 11.3 Å². The minimum atomic E-state index is -0.304. The van der Waals surface area contributed by atoms with Gasteiger partial charge in [-0.15, -0.1) is 0 Å². The van der Waals surface area contributed by atoms with Crippen LogP contribution in [0.2, 0.25) is 0 Å². The van der Waals surface area contributed by atoms with Crippen molar-refractivity contribution in [1.82, 2.24) is 10.4 Å². The van der Waals surface area contributed by atoms with Gasteiger partial charge in [-0.1, -0.05) is 18.3 Å². The van der Waals surface area contributed by atoms with E-state index in [0.717, 1.165) is 37.0 Å². The van der Waals surface area contributed by atoms with Gasteiger partial charge in [-0.05, 0) is 18.8 Å². The fraction of sp³-hybridized carbons (Fsp3) is 0.667. The van der Waals surface area contributed by atoms with E-state index in [1.165, 1.54) is 11.3 Å². The summed E-state index contributed by atoms with van der Waals surface area (Å²) in [5.74, 6) is 5.66. The first kappa shape index (κ1) is 14.2. The maximum atomic E-state index is 11.7. The van der Waals surface area contributed by atoms with Crippen molar-refractivity contribution in [2.75, 3.05) is 25.1 Å². The number of piperidine rings is 1. The highest BCUT2D eigenvalue weighted by Gasteiger charge is 2.23. The number of carbonyl (C=O) groups is 1. The molecule has 2 rings (SSSR count). The van der Waals surface area contributed by atoms with Crippen molar-refractivity contribution < 1.29 is 9.53 Å². The molecule has 0 radical (unpaired) electrons. The topological polar surface area (TPSA) is 80.5 Å². The Kier molecular flexibility index (Phi) is 4.73. The maximum Gasteiger partial charge on any atom is 0.277 e. The lowest BCUT2D eigenvalue weighted by atomic mass is 10.00. The molecule has 0 atom stereocenters. The number of carbonyl (C=O) groups excluding carboxylic acids is 1. The molecule has 1 aromatic heterocycles. The molecule has 1 saturated heterocycles. The number of nitrogens with one attached hydrogen (secondary N) is 1. The minimum absolute atomic E-state index is 0.304. The first-order chi connectivity index (χ1) is 9.15. The number of anilines is 1. The van der Waals surface area contributed by atoms with Crippen molar-refractivity contribution in [1.29, 1.82) is 0 Å². The van der Waals surface area contributed by atoms with Crippen LogP contribution in [0.3, 0.4) is 0 Å². The first-order valence-electron chi connectivity index (χ1n) is 6.40. The number of hydrogen-bond acceptors (Lipinski definition) is 6. The Labute approximate surface area is 116 Å². The number of nitrogen functional groups attached to an aromatic ring is 1. The number of aromatic nitrogens is 1. The number of hydrogen-bond donors (Lipinski definition) is 2. The normalized spacial score (nSPS) is 16.7. The fourth-order valence-corrected chi connectivity index (χ4v) is 3.18. The number of amides is 1. The van der Waals surface area contributed by atoms with Gasteiger partial charge in [0.1, 0.15) is 4.88 Å². The van der Waals surface area contributed by atoms with Crippen molar-refractivity contribution in [2.24, 2.45) is 11.8 Å². The van der Waals surface area contributed by atoms with Gasteiger partial charge >= 0.3 is 0 Å². The second-order valence-electron chi connectivity index (χ2n) is 4.85. The largest absolute Gasteiger partial charge is 0.378 e. The predicted molar refractivity (Wildman–Crippen MR) is 75.1 cm³/mol. The average molecular weight is 284 g/mol. The van der Waals surface area contributed by atoms with E-state index in [2.05, 4.69) is 22.2 Å². The zero-order chi connectivity index (χ0) is 13.8. The Morgan fingerprint density at radius 3 is 2.84 bits per heavy atom. The molecule has 7 heteroatoms. The summed E-state index contributed by atoms with van der Waals surface area (Å²) in [6.45, 7) is 4.57. The average Bonchev–Trinajstić information content (AvgIpc) is 2.83. The van der Waals surface area contributed by atoms with Crippen molar-refractivity contribution >= 4 is 22.4 Å². The van der Waals surface area contributed by atoms with Gasteiger partial charge in [-0.2, -0.15) is 0 Å². The summed E-state index contributed by atoms with van der Waals surface area (Å²) < 4.78 is 5.09. The summed E-state index contributed by atoms with van der Waals surface area (Å²) in [5, 5.41) is 0.887. The molecular weight excluding hydrogens is 264 g/mol. The molecule has 0 unspecified atom stereocenters. The fourth-order valence-electron chi connectivity index (χ4n) is 2.15. The molecule has 1 fully saturated rings. The van der Waals surface area contributed by atoms with Crippen LogP contribution >= 0.6 is 11.3 Å². The van der Waals surface area contributed by atoms with Crippen LogP contribution in [0.25, 0.3) is 0 Å². The van der Waals surface area contributed by atoms with E-state index < -0.39 is 0 Å². The molecule has 2 heterocycles. The third kappa shape index (κ3) is 3.23. The lowest BCUT2D eigenvalue weighted by Gasteiger charge is -2.29. The molecule has 6 nitrogen and oxygen atoms in total. The maximum absolute atomic E-state index is 11.7. The highest BCUT2D eigenvalue weighted by atomic mass is 32.1. The van der Waals surface area contributed by atoms with Crippen LogP contribution in [0.4, 0.5) is 5.13 Å². The summed E-state index contributed by atoms with van der Waals surface area (Å²) in [5.41, 5.74) is 2.82. The van der Waals surface area contributed by atoms with Crippen molar-refractivity contribution in [3.63, 3.8) is 0 Å². The van der Waals surface area contributed by atoms with Gasteiger partial charge in [0.05, 0.1) is 12.3 Å². The third-order valence-electron chi connectivity index (χ3n) is 3.36. The van der Waals surface area contributed by atoms with Crippen LogP contribution in [0.1, 0.15) is 35.1 Å².